The molecule has 0 unspecified atom stereocenters. The largest absolute Gasteiger partial charge is 0.495 e. The SMILES string of the molecule is C=C(C(=O)OCC)C(=O)c1cc(Br)c(OC)cc1F.CNC. The first kappa shape index (κ1) is 20.3. The first-order valence-corrected chi connectivity index (χ1v) is 7.15. The summed E-state index contributed by atoms with van der Waals surface area (Å²) < 4.78 is 23.7. The third kappa shape index (κ3) is 5.57. The summed E-state index contributed by atoms with van der Waals surface area (Å²) in [6.07, 6.45) is 0. The number of nitrogens with one attached hydrogen (secondary N) is 1. The van der Waals surface area contributed by atoms with Gasteiger partial charge in [0, 0.05) is 6.07 Å². The lowest BCUT2D eigenvalue weighted by Crippen LogP contribution is -2.16. The zero-order valence-corrected chi connectivity index (χ0v) is 14.5. The summed E-state index contributed by atoms with van der Waals surface area (Å²) in [7, 11) is 5.12. The van der Waals surface area contributed by atoms with Crippen LogP contribution in [0.5, 0.6) is 5.75 Å². The van der Waals surface area contributed by atoms with E-state index in [0.29, 0.717) is 4.47 Å². The lowest BCUT2D eigenvalue weighted by Gasteiger charge is -2.08. The number of hydrogen-bond acceptors (Lipinski definition) is 5. The molecule has 7 heteroatoms. The number of carbonyl (C=O) groups is 2. The molecule has 0 saturated heterocycles. The fourth-order valence-electron chi connectivity index (χ4n) is 1.33. The van der Waals surface area contributed by atoms with Crippen LogP contribution >= 0.6 is 15.9 Å². The van der Waals surface area contributed by atoms with Crippen LogP contribution in [0, 0.1) is 5.82 Å². The van der Waals surface area contributed by atoms with Crippen molar-refractivity contribution in [3.05, 3.63) is 40.1 Å². The molecule has 0 aliphatic rings. The van der Waals surface area contributed by atoms with Gasteiger partial charge in [0.15, 0.2) is 0 Å². The molecule has 122 valence electrons. The van der Waals surface area contributed by atoms with Gasteiger partial charge in [-0.1, -0.05) is 6.58 Å². The second-order valence-electron chi connectivity index (χ2n) is 3.99. The summed E-state index contributed by atoms with van der Waals surface area (Å²) in [4.78, 5) is 23.3. The van der Waals surface area contributed by atoms with Gasteiger partial charge in [0.2, 0.25) is 5.78 Å². The molecule has 0 aliphatic heterocycles. The summed E-state index contributed by atoms with van der Waals surface area (Å²) in [5.41, 5.74) is -0.691. The molecular formula is C15H19BrFNO4. The lowest BCUT2D eigenvalue weighted by atomic mass is 10.0. The maximum absolute atomic E-state index is 13.8. The Kier molecular flexibility index (Phi) is 9.28. The Morgan fingerprint density at radius 3 is 2.36 bits per heavy atom. The van der Waals surface area contributed by atoms with Gasteiger partial charge in [0.1, 0.15) is 17.1 Å². The zero-order chi connectivity index (χ0) is 17.3. The van der Waals surface area contributed by atoms with Gasteiger partial charge in [0.25, 0.3) is 0 Å². The molecule has 0 heterocycles. The van der Waals surface area contributed by atoms with Gasteiger partial charge in [-0.05, 0) is 43.0 Å². The van der Waals surface area contributed by atoms with Crippen molar-refractivity contribution in [3.8, 4) is 5.75 Å². The fourth-order valence-corrected chi connectivity index (χ4v) is 1.84. The number of benzene rings is 1. The number of esters is 1. The van der Waals surface area contributed by atoms with Gasteiger partial charge < -0.3 is 14.8 Å². The van der Waals surface area contributed by atoms with Crippen molar-refractivity contribution < 1.29 is 23.5 Å². The van der Waals surface area contributed by atoms with Crippen LogP contribution in [-0.4, -0.2) is 39.6 Å². The predicted molar refractivity (Wildman–Crippen MR) is 85.7 cm³/mol. The Balaban J connectivity index is 0.00000135. The standard InChI is InChI=1S/C13H12BrFO4.C2H7N/c1-4-19-13(17)7(2)12(16)8-5-9(14)11(18-3)6-10(8)15;1-3-2/h5-6H,2,4H2,1,3H3;3H,1-2H3. The normalized spacial score (nSPS) is 9.36. The Bertz CT molecular complexity index is 561. The molecule has 1 rings (SSSR count). The van der Waals surface area contributed by atoms with Crippen molar-refractivity contribution in [2.45, 2.75) is 6.92 Å². The Morgan fingerprint density at radius 1 is 1.36 bits per heavy atom. The highest BCUT2D eigenvalue weighted by molar-refractivity contribution is 9.10. The van der Waals surface area contributed by atoms with Crippen LogP contribution in [0.25, 0.3) is 0 Å². The summed E-state index contributed by atoms with van der Waals surface area (Å²) in [6, 6.07) is 2.29. The van der Waals surface area contributed by atoms with E-state index in [2.05, 4.69) is 32.6 Å². The molecule has 0 saturated carbocycles. The van der Waals surface area contributed by atoms with E-state index < -0.39 is 23.1 Å². The van der Waals surface area contributed by atoms with Gasteiger partial charge in [0.05, 0.1) is 23.8 Å². The highest BCUT2D eigenvalue weighted by atomic mass is 79.9. The third-order valence-electron chi connectivity index (χ3n) is 2.28. The van der Waals surface area contributed by atoms with Crippen LogP contribution in [-0.2, 0) is 9.53 Å². The molecule has 0 atom stereocenters. The average molecular weight is 376 g/mol. The summed E-state index contributed by atoms with van der Waals surface area (Å²) in [6.45, 7) is 5.03. The molecule has 0 aliphatic carbocycles. The Morgan fingerprint density at radius 2 is 1.91 bits per heavy atom. The molecule has 0 radical (unpaired) electrons. The number of Topliss-reactive ketones (excluding diaryl/α,β-unsaturated/α-hetero) is 1. The van der Waals surface area contributed by atoms with Crippen molar-refractivity contribution in [1.29, 1.82) is 0 Å². The van der Waals surface area contributed by atoms with Gasteiger partial charge in [-0.3, -0.25) is 4.79 Å². The molecule has 5 nitrogen and oxygen atoms in total. The van der Waals surface area contributed by atoms with Crippen molar-refractivity contribution in [3.63, 3.8) is 0 Å². The van der Waals surface area contributed by atoms with Gasteiger partial charge in [-0.25, -0.2) is 9.18 Å². The van der Waals surface area contributed by atoms with Crippen LogP contribution in [0.1, 0.15) is 17.3 Å². The number of rotatable bonds is 5. The van der Waals surface area contributed by atoms with Gasteiger partial charge >= 0.3 is 5.97 Å². The smallest absolute Gasteiger partial charge is 0.341 e. The Labute approximate surface area is 137 Å². The van der Waals surface area contributed by atoms with Crippen molar-refractivity contribution in [1.82, 2.24) is 5.32 Å². The molecule has 22 heavy (non-hydrogen) atoms. The number of methoxy groups -OCH3 is 1. The van der Waals surface area contributed by atoms with Crippen LogP contribution in [0.15, 0.2) is 28.8 Å². The van der Waals surface area contributed by atoms with E-state index in [4.69, 9.17) is 4.74 Å². The predicted octanol–water partition coefficient (Wildman–Crippen LogP) is 2.73. The maximum atomic E-state index is 13.8. The monoisotopic (exact) mass is 375 g/mol. The minimum Gasteiger partial charge on any atom is -0.495 e. The van der Waals surface area contributed by atoms with Crippen molar-refractivity contribution >= 4 is 27.7 Å². The van der Waals surface area contributed by atoms with E-state index in [0.717, 1.165) is 6.07 Å². The molecule has 0 fully saturated rings. The van der Waals surface area contributed by atoms with Crippen LogP contribution in [0.3, 0.4) is 0 Å². The lowest BCUT2D eigenvalue weighted by molar-refractivity contribution is -0.138. The van der Waals surface area contributed by atoms with E-state index in [9.17, 15) is 14.0 Å². The summed E-state index contributed by atoms with van der Waals surface area (Å²) in [5.74, 6) is -2.23. The average Bonchev–Trinajstić information content (AvgIpc) is 2.48. The number of ether oxygens (including phenoxy) is 2. The van der Waals surface area contributed by atoms with E-state index in [1.165, 1.54) is 13.2 Å². The second-order valence-corrected chi connectivity index (χ2v) is 4.85. The van der Waals surface area contributed by atoms with Crippen molar-refractivity contribution in [2.24, 2.45) is 0 Å². The molecule has 0 amide bonds. The maximum Gasteiger partial charge on any atom is 0.341 e. The first-order valence-electron chi connectivity index (χ1n) is 6.36. The molecule has 0 spiro atoms. The molecule has 0 aromatic heterocycles. The number of halogens is 2. The molecule has 1 aromatic carbocycles. The van der Waals surface area contributed by atoms with Crippen molar-refractivity contribution in [2.75, 3.05) is 27.8 Å². The van der Waals surface area contributed by atoms with Crippen LogP contribution in [0.4, 0.5) is 4.39 Å². The molecular weight excluding hydrogens is 357 g/mol. The minimum atomic E-state index is -0.862. The highest BCUT2D eigenvalue weighted by Crippen LogP contribution is 2.28. The van der Waals surface area contributed by atoms with E-state index in [1.54, 1.807) is 6.92 Å². The summed E-state index contributed by atoms with van der Waals surface area (Å²) >= 11 is 3.14. The fraction of sp³-hybridized carbons (Fsp3) is 0.333. The van der Waals surface area contributed by atoms with Crippen LogP contribution in [0.2, 0.25) is 0 Å². The third-order valence-corrected chi connectivity index (χ3v) is 2.90. The van der Waals surface area contributed by atoms with Gasteiger partial charge in [-0.15, -0.1) is 0 Å². The van der Waals surface area contributed by atoms with E-state index in [-0.39, 0.29) is 17.9 Å². The second kappa shape index (κ2) is 10.1. The van der Waals surface area contributed by atoms with Crippen LogP contribution < -0.4 is 10.1 Å². The van der Waals surface area contributed by atoms with Gasteiger partial charge in [-0.2, -0.15) is 0 Å². The molecule has 0 bridgehead atoms. The zero-order valence-electron chi connectivity index (χ0n) is 13.0. The number of ketones is 1. The number of hydrogen-bond donors (Lipinski definition) is 1. The minimum absolute atomic E-state index is 0.111. The number of carbonyl (C=O) groups excluding carboxylic acids is 2. The topological polar surface area (TPSA) is 64.6 Å². The van der Waals surface area contributed by atoms with E-state index in [1.807, 2.05) is 14.1 Å². The molecule has 1 aromatic rings. The Hall–Kier alpha value is -1.73. The first-order chi connectivity index (χ1) is 10.3. The summed E-state index contributed by atoms with van der Waals surface area (Å²) in [5, 5.41) is 2.75. The molecule has 1 N–H and O–H groups in total. The quantitative estimate of drug-likeness (QED) is 0.282. The van der Waals surface area contributed by atoms with E-state index >= 15 is 0 Å². The highest BCUT2D eigenvalue weighted by Gasteiger charge is 2.23.